The summed E-state index contributed by atoms with van der Waals surface area (Å²) in [6, 6.07) is 8.22. The predicted octanol–water partition coefficient (Wildman–Crippen LogP) is 5.61. The zero-order valence-electron chi connectivity index (χ0n) is 18.6. The van der Waals surface area contributed by atoms with Crippen LogP contribution < -0.4 is 5.32 Å². The number of aryl methyl sites for hydroxylation is 1. The van der Waals surface area contributed by atoms with Crippen molar-refractivity contribution in [3.05, 3.63) is 64.1 Å². The summed E-state index contributed by atoms with van der Waals surface area (Å²) in [5.74, 6) is -3.63. The molecule has 34 heavy (non-hydrogen) atoms. The molecule has 1 amide bonds. The minimum absolute atomic E-state index is 0.142. The summed E-state index contributed by atoms with van der Waals surface area (Å²) in [6.07, 6.45) is 5.81. The van der Waals surface area contributed by atoms with Crippen LogP contribution in [0.25, 0.3) is 22.2 Å². The van der Waals surface area contributed by atoms with Gasteiger partial charge in [-0.25, -0.2) is 13.8 Å². The largest absolute Gasteiger partial charge is 0.503 e. The average molecular weight is 483 g/mol. The second-order valence-corrected chi connectivity index (χ2v) is 9.87. The number of hydrogen-bond acceptors (Lipinski definition) is 5. The number of carbonyl (C=O) groups excluding carboxylic acids is 1. The molecule has 176 valence electrons. The third-order valence-electron chi connectivity index (χ3n) is 6.46. The third-order valence-corrected chi connectivity index (χ3v) is 7.23. The fourth-order valence-corrected chi connectivity index (χ4v) is 5.15. The van der Waals surface area contributed by atoms with Crippen LogP contribution in [0.3, 0.4) is 0 Å². The summed E-state index contributed by atoms with van der Waals surface area (Å²) < 4.78 is 29.1. The molecule has 0 atom stereocenters. The number of hydrogen-bond donors (Lipinski definition) is 2. The van der Waals surface area contributed by atoms with E-state index in [2.05, 4.69) is 44.8 Å². The van der Waals surface area contributed by atoms with Crippen LogP contribution in [0.1, 0.15) is 47.1 Å². The molecule has 0 bridgehead atoms. The topological polar surface area (TPSA) is 80.0 Å². The van der Waals surface area contributed by atoms with Gasteiger partial charge in [-0.1, -0.05) is 12.1 Å². The van der Waals surface area contributed by atoms with Crippen LogP contribution >= 0.6 is 11.3 Å². The van der Waals surface area contributed by atoms with Gasteiger partial charge < -0.3 is 10.4 Å². The molecule has 2 aromatic heterocycles. The van der Waals surface area contributed by atoms with E-state index in [4.69, 9.17) is 5.10 Å². The molecule has 0 saturated heterocycles. The van der Waals surface area contributed by atoms with Crippen molar-refractivity contribution in [2.45, 2.75) is 38.6 Å². The van der Waals surface area contributed by atoms with Gasteiger partial charge in [0.2, 0.25) is 0 Å². The highest BCUT2D eigenvalue weighted by molar-refractivity contribution is 7.09. The number of carbonyl (C=O) groups is 1. The number of phenols is 1. The van der Waals surface area contributed by atoms with Crippen molar-refractivity contribution in [1.82, 2.24) is 20.1 Å². The molecule has 1 aliphatic rings. The fraction of sp³-hybridized carbons (Fsp3) is 0.320. The third kappa shape index (κ3) is 4.52. The van der Waals surface area contributed by atoms with Gasteiger partial charge in [0.05, 0.1) is 22.3 Å². The average Bonchev–Trinajstić information content (AvgIpc) is 3.46. The van der Waals surface area contributed by atoms with Gasteiger partial charge >= 0.3 is 0 Å². The van der Waals surface area contributed by atoms with Gasteiger partial charge in [-0.15, -0.1) is 11.3 Å². The molecule has 1 fully saturated rings. The number of benzene rings is 2. The molecule has 0 unspecified atom stereocenters. The molecule has 2 heterocycles. The molecule has 2 aromatic carbocycles. The van der Waals surface area contributed by atoms with E-state index >= 15 is 0 Å². The Kier molecular flexibility index (Phi) is 6.03. The summed E-state index contributed by atoms with van der Waals surface area (Å²) in [5.41, 5.74) is 2.84. The van der Waals surface area contributed by atoms with Gasteiger partial charge in [-0.05, 0) is 56.7 Å². The maximum absolute atomic E-state index is 13.5. The molecule has 1 saturated carbocycles. The summed E-state index contributed by atoms with van der Waals surface area (Å²) >= 11 is 1.63. The number of aromatic nitrogens is 3. The summed E-state index contributed by atoms with van der Waals surface area (Å²) in [5, 5.41) is 21.0. The zero-order chi connectivity index (χ0) is 23.8. The van der Waals surface area contributed by atoms with E-state index in [1.165, 1.54) is 0 Å². The van der Waals surface area contributed by atoms with E-state index in [1.54, 1.807) is 11.3 Å². The molecule has 1 aliphatic carbocycles. The number of phenolic OH excluding ortho intramolecular Hbond substituents is 1. The number of rotatable bonds is 5. The molecule has 5 rings (SSSR count). The van der Waals surface area contributed by atoms with Crippen LogP contribution in [-0.4, -0.2) is 32.3 Å². The second kappa shape index (κ2) is 9.13. The Balaban J connectivity index is 1.18. The normalized spacial score (nSPS) is 18.3. The van der Waals surface area contributed by atoms with Crippen molar-refractivity contribution in [2.24, 2.45) is 5.92 Å². The van der Waals surface area contributed by atoms with E-state index in [1.807, 2.05) is 6.92 Å². The molecule has 0 radical (unpaired) electrons. The van der Waals surface area contributed by atoms with Crippen LogP contribution in [0, 0.1) is 24.5 Å². The van der Waals surface area contributed by atoms with Crippen LogP contribution in [-0.2, 0) is 0 Å². The van der Waals surface area contributed by atoms with Crippen LogP contribution in [0.5, 0.6) is 5.75 Å². The Morgan fingerprint density at radius 2 is 1.91 bits per heavy atom. The van der Waals surface area contributed by atoms with Gasteiger partial charge in [0, 0.05) is 34.6 Å². The van der Waals surface area contributed by atoms with Crippen molar-refractivity contribution in [3.63, 3.8) is 0 Å². The maximum atomic E-state index is 13.5. The minimum atomic E-state index is -1.15. The standard InChI is InChI=1S/C25H24F2N4O2S/c1-14-29-23(13-34-14)16-4-5-17-12-31(30-22(17)10-16)19-6-2-15(3-7-19)11-28-25(33)18-8-20(26)24(32)21(27)9-18/h4-5,8-10,12-13,15,19,32H,2-3,6-7,11H2,1H3,(H,28,33)/t15-,19-. The van der Waals surface area contributed by atoms with Gasteiger partial charge in [0.15, 0.2) is 17.4 Å². The number of fused-ring (bicyclic) bond motifs is 1. The molecule has 9 heteroatoms. The van der Waals surface area contributed by atoms with Gasteiger partial charge in [0.25, 0.3) is 5.91 Å². The molecule has 2 N–H and O–H groups in total. The fourth-order valence-electron chi connectivity index (χ4n) is 4.53. The van der Waals surface area contributed by atoms with Gasteiger partial charge in [-0.3, -0.25) is 9.48 Å². The molecule has 6 nitrogen and oxygen atoms in total. The highest BCUT2D eigenvalue weighted by Crippen LogP contribution is 2.33. The first kappa shape index (κ1) is 22.5. The lowest BCUT2D eigenvalue weighted by molar-refractivity contribution is 0.0940. The Hall–Kier alpha value is -3.33. The van der Waals surface area contributed by atoms with E-state index in [0.29, 0.717) is 12.6 Å². The molecule has 0 spiro atoms. The second-order valence-electron chi connectivity index (χ2n) is 8.81. The van der Waals surface area contributed by atoms with E-state index < -0.39 is 23.3 Å². The molecular weight excluding hydrogens is 458 g/mol. The summed E-state index contributed by atoms with van der Waals surface area (Å²) in [7, 11) is 0. The number of halogens is 2. The Morgan fingerprint density at radius 3 is 2.59 bits per heavy atom. The zero-order valence-corrected chi connectivity index (χ0v) is 19.4. The summed E-state index contributed by atoms with van der Waals surface area (Å²) in [4.78, 5) is 16.8. The first-order valence-corrected chi connectivity index (χ1v) is 12.1. The lowest BCUT2D eigenvalue weighted by atomic mass is 9.86. The highest BCUT2D eigenvalue weighted by Gasteiger charge is 2.24. The Bertz CT molecular complexity index is 1340. The smallest absolute Gasteiger partial charge is 0.251 e. The number of nitrogens with zero attached hydrogens (tertiary/aromatic N) is 3. The van der Waals surface area contributed by atoms with Crippen molar-refractivity contribution in [1.29, 1.82) is 0 Å². The molecular formula is C25H24F2N4O2S. The lowest BCUT2D eigenvalue weighted by Gasteiger charge is -2.28. The van der Waals surface area contributed by atoms with Crippen molar-refractivity contribution in [3.8, 4) is 17.0 Å². The number of thiazole rings is 1. The van der Waals surface area contributed by atoms with E-state index in [9.17, 15) is 18.7 Å². The minimum Gasteiger partial charge on any atom is -0.503 e. The molecule has 4 aromatic rings. The highest BCUT2D eigenvalue weighted by atomic mass is 32.1. The predicted molar refractivity (Wildman–Crippen MR) is 127 cm³/mol. The number of nitrogens with one attached hydrogen (secondary N) is 1. The number of amides is 1. The maximum Gasteiger partial charge on any atom is 0.251 e. The van der Waals surface area contributed by atoms with E-state index in [0.717, 1.165) is 65.0 Å². The first-order chi connectivity index (χ1) is 16.4. The van der Waals surface area contributed by atoms with Crippen LogP contribution in [0.2, 0.25) is 0 Å². The SMILES string of the molecule is Cc1nc(-c2ccc3cn([C@H]4CC[C@H](CNC(=O)c5cc(F)c(O)c(F)c5)CC4)nc3c2)cs1. The Labute approximate surface area is 199 Å². The summed E-state index contributed by atoms with van der Waals surface area (Å²) in [6.45, 7) is 2.43. The number of aromatic hydroxyl groups is 1. The van der Waals surface area contributed by atoms with Gasteiger partial charge in [0.1, 0.15) is 0 Å². The van der Waals surface area contributed by atoms with Crippen molar-refractivity contribution in [2.75, 3.05) is 6.54 Å². The molecule has 0 aliphatic heterocycles. The monoisotopic (exact) mass is 482 g/mol. The van der Waals surface area contributed by atoms with Crippen molar-refractivity contribution >= 4 is 28.1 Å². The van der Waals surface area contributed by atoms with Crippen LogP contribution in [0.4, 0.5) is 8.78 Å². The van der Waals surface area contributed by atoms with Crippen molar-refractivity contribution < 1.29 is 18.7 Å². The van der Waals surface area contributed by atoms with Crippen LogP contribution in [0.15, 0.2) is 41.9 Å². The first-order valence-electron chi connectivity index (χ1n) is 11.2. The quantitative estimate of drug-likeness (QED) is 0.387. The lowest BCUT2D eigenvalue weighted by Crippen LogP contribution is -2.31. The van der Waals surface area contributed by atoms with E-state index in [-0.39, 0.29) is 11.5 Å². The van der Waals surface area contributed by atoms with Gasteiger partial charge in [-0.2, -0.15) is 5.10 Å². The Morgan fingerprint density at radius 1 is 1.18 bits per heavy atom.